The highest BCUT2D eigenvalue weighted by Crippen LogP contribution is 2.39. The fourth-order valence-corrected chi connectivity index (χ4v) is 5.42. The van der Waals surface area contributed by atoms with E-state index in [2.05, 4.69) is 10.3 Å². The van der Waals surface area contributed by atoms with Crippen LogP contribution in [0.15, 0.2) is 81.3 Å². The Balaban J connectivity index is 1.52. The maximum Gasteiger partial charge on any atom is 0.316 e. The third-order valence-electron chi connectivity index (χ3n) is 5.74. The van der Waals surface area contributed by atoms with Gasteiger partial charge in [-0.1, -0.05) is 54.3 Å². The van der Waals surface area contributed by atoms with E-state index in [1.54, 1.807) is 61.6 Å². The second kappa shape index (κ2) is 11.9. The van der Waals surface area contributed by atoms with Crippen molar-refractivity contribution in [3.05, 3.63) is 98.6 Å². The van der Waals surface area contributed by atoms with Crippen molar-refractivity contribution < 1.29 is 18.3 Å². The number of nitrogens with zero attached hydrogens (tertiary/aromatic N) is 3. The summed E-state index contributed by atoms with van der Waals surface area (Å²) in [5.41, 5.74) is 2.59. The van der Waals surface area contributed by atoms with Crippen LogP contribution in [0.2, 0.25) is 10.0 Å². The molecule has 0 spiro atoms. The number of aromatic nitrogens is 1. The van der Waals surface area contributed by atoms with Gasteiger partial charge in [-0.15, -0.1) is 4.91 Å². The Morgan fingerprint density at radius 1 is 1.08 bits per heavy atom. The molecule has 0 aliphatic rings. The van der Waals surface area contributed by atoms with Crippen molar-refractivity contribution in [1.82, 2.24) is 5.16 Å². The second-order valence-corrected chi connectivity index (χ2v) is 10.9. The lowest BCUT2D eigenvalue weighted by molar-refractivity contribution is 0.100. The molecule has 0 aliphatic heterocycles. The van der Waals surface area contributed by atoms with Crippen LogP contribution in [0.25, 0.3) is 11.3 Å². The molecule has 1 heterocycles. The fraction of sp³-hybridized carbons (Fsp3) is 0.185. The van der Waals surface area contributed by atoms with Crippen LogP contribution in [0.1, 0.15) is 41.4 Å². The number of ether oxygens (including phenoxy) is 1. The van der Waals surface area contributed by atoms with E-state index in [0.717, 1.165) is 5.56 Å². The monoisotopic (exact) mass is 571 g/mol. The highest BCUT2D eigenvalue weighted by Gasteiger charge is 2.24. The first-order chi connectivity index (χ1) is 18.2. The number of hydrogen-bond donors (Lipinski definition) is 0. The van der Waals surface area contributed by atoms with Gasteiger partial charge in [-0.3, -0.25) is 9.10 Å². The molecular formula is C27H23Cl2N3O5S. The van der Waals surface area contributed by atoms with Gasteiger partial charge in [-0.05, 0) is 54.6 Å². The molecule has 0 saturated carbocycles. The number of carbonyl (C=O) groups excluding carboxylic acids is 1. The van der Waals surface area contributed by atoms with Gasteiger partial charge in [-0.2, -0.15) is 0 Å². The topological polar surface area (TPSA) is 102 Å². The number of rotatable bonds is 9. The first kappa shape index (κ1) is 27.5. The van der Waals surface area contributed by atoms with Crippen molar-refractivity contribution >= 4 is 45.8 Å². The Morgan fingerprint density at radius 2 is 1.74 bits per heavy atom. The number of benzene rings is 3. The van der Waals surface area contributed by atoms with Crippen molar-refractivity contribution in [3.63, 3.8) is 0 Å². The van der Waals surface area contributed by atoms with Gasteiger partial charge in [0.2, 0.25) is 0 Å². The van der Waals surface area contributed by atoms with Gasteiger partial charge in [0.25, 0.3) is 0 Å². The summed E-state index contributed by atoms with van der Waals surface area (Å²) in [6, 6.07) is 18.3. The van der Waals surface area contributed by atoms with Gasteiger partial charge in [-0.25, -0.2) is 4.21 Å². The van der Waals surface area contributed by atoms with E-state index in [1.807, 2.05) is 13.8 Å². The molecule has 0 saturated heterocycles. The van der Waals surface area contributed by atoms with Crippen LogP contribution < -0.4 is 9.04 Å². The third kappa shape index (κ3) is 5.80. The Bertz CT molecular complexity index is 1480. The molecule has 1 unspecified atom stereocenters. The maximum absolute atomic E-state index is 13.0. The molecule has 38 heavy (non-hydrogen) atoms. The van der Waals surface area contributed by atoms with Gasteiger partial charge >= 0.3 is 5.91 Å². The van der Waals surface area contributed by atoms with Crippen LogP contribution in [0, 0.1) is 4.91 Å². The standard InChI is InChI=1S/C27H23Cl2N3O5S/c1-16(2)26-21(25(31-37-26)24-22(28)8-5-9-23(24)29)15-36-19-12-10-18(11-13-19)32(3)38(35)20-7-4-6-17(14-20)27(33)30-34/h4-14,16H,15H2,1-3H3. The normalized spacial score (nSPS) is 11.8. The minimum Gasteiger partial charge on any atom is -0.489 e. The van der Waals surface area contributed by atoms with Gasteiger partial charge in [0, 0.05) is 35.0 Å². The molecule has 0 aliphatic carbocycles. The Kier molecular flexibility index (Phi) is 8.61. The molecule has 3 aromatic carbocycles. The zero-order valence-corrected chi connectivity index (χ0v) is 23.0. The van der Waals surface area contributed by atoms with Crippen LogP contribution in [0.5, 0.6) is 5.75 Å². The summed E-state index contributed by atoms with van der Waals surface area (Å²) in [5, 5.41) is 7.57. The largest absolute Gasteiger partial charge is 0.489 e. The maximum atomic E-state index is 13.0. The number of anilines is 1. The SMILES string of the molecule is CC(C)c1onc(-c2c(Cl)cccc2Cl)c1COc1ccc(N(C)S(=O)c2cccc(C(=O)N=O)c2)cc1. The smallest absolute Gasteiger partial charge is 0.316 e. The molecule has 1 amide bonds. The fourth-order valence-electron chi connectivity index (χ4n) is 3.79. The van der Waals surface area contributed by atoms with Crippen LogP contribution in [0.3, 0.4) is 0 Å². The third-order valence-corrected chi connectivity index (χ3v) is 7.74. The predicted octanol–water partition coefficient (Wildman–Crippen LogP) is 7.42. The summed E-state index contributed by atoms with van der Waals surface area (Å²) in [6.45, 7) is 4.15. The summed E-state index contributed by atoms with van der Waals surface area (Å²) >= 11 is 12.8. The molecule has 1 aromatic heterocycles. The van der Waals surface area contributed by atoms with E-state index >= 15 is 0 Å². The molecule has 0 bridgehead atoms. The molecule has 0 fully saturated rings. The molecule has 1 atom stereocenters. The number of halogens is 2. The summed E-state index contributed by atoms with van der Waals surface area (Å²) in [4.78, 5) is 22.5. The van der Waals surface area contributed by atoms with E-state index in [0.29, 0.717) is 43.4 Å². The van der Waals surface area contributed by atoms with E-state index < -0.39 is 16.9 Å². The van der Waals surface area contributed by atoms with E-state index in [9.17, 15) is 13.9 Å². The number of carbonyl (C=O) groups is 1. The van der Waals surface area contributed by atoms with Crippen molar-refractivity contribution in [2.45, 2.75) is 31.3 Å². The minimum absolute atomic E-state index is 0.0539. The predicted molar refractivity (Wildman–Crippen MR) is 148 cm³/mol. The minimum atomic E-state index is -1.63. The molecular weight excluding hydrogens is 549 g/mol. The Morgan fingerprint density at radius 3 is 2.37 bits per heavy atom. The van der Waals surface area contributed by atoms with Crippen molar-refractivity contribution in [1.29, 1.82) is 0 Å². The average molecular weight is 572 g/mol. The van der Waals surface area contributed by atoms with Gasteiger partial charge in [0.15, 0.2) is 11.0 Å². The molecule has 0 N–H and O–H groups in total. The average Bonchev–Trinajstić information content (AvgIpc) is 3.34. The van der Waals surface area contributed by atoms with Crippen LogP contribution >= 0.6 is 23.2 Å². The van der Waals surface area contributed by atoms with Crippen molar-refractivity contribution in [2.24, 2.45) is 5.18 Å². The number of hydrogen-bond acceptors (Lipinski definition) is 6. The number of amides is 1. The first-order valence-electron chi connectivity index (χ1n) is 11.5. The summed E-state index contributed by atoms with van der Waals surface area (Å²) in [7, 11) is 0.0279. The summed E-state index contributed by atoms with van der Waals surface area (Å²) in [5.74, 6) is 0.387. The van der Waals surface area contributed by atoms with Gasteiger partial charge in [0.1, 0.15) is 23.8 Å². The quantitative estimate of drug-likeness (QED) is 0.194. The number of nitroso groups, excluding NO2 is 1. The molecule has 4 aromatic rings. The van der Waals surface area contributed by atoms with Crippen molar-refractivity contribution in [3.8, 4) is 17.0 Å². The molecule has 196 valence electrons. The van der Waals surface area contributed by atoms with Crippen LogP contribution in [0.4, 0.5) is 5.69 Å². The van der Waals surface area contributed by atoms with Gasteiger partial charge in [0.05, 0.1) is 20.5 Å². The lowest BCUT2D eigenvalue weighted by Crippen LogP contribution is -2.20. The Hall–Kier alpha value is -3.53. The first-order valence-corrected chi connectivity index (χ1v) is 13.4. The highest BCUT2D eigenvalue weighted by molar-refractivity contribution is 7.86. The van der Waals surface area contributed by atoms with E-state index in [4.69, 9.17) is 32.5 Å². The molecule has 11 heteroatoms. The van der Waals surface area contributed by atoms with Gasteiger partial charge < -0.3 is 9.26 Å². The zero-order chi connectivity index (χ0) is 27.4. The molecule has 4 rings (SSSR count). The Labute approximate surface area is 232 Å². The van der Waals surface area contributed by atoms with E-state index in [1.165, 1.54) is 16.4 Å². The lowest BCUT2D eigenvalue weighted by atomic mass is 10.0. The zero-order valence-electron chi connectivity index (χ0n) is 20.7. The van der Waals surface area contributed by atoms with Crippen molar-refractivity contribution in [2.75, 3.05) is 11.4 Å². The highest BCUT2D eigenvalue weighted by atomic mass is 35.5. The molecule has 8 nitrogen and oxygen atoms in total. The van der Waals surface area contributed by atoms with E-state index in [-0.39, 0.29) is 18.1 Å². The summed E-state index contributed by atoms with van der Waals surface area (Å²) in [6.07, 6.45) is 0. The van der Waals surface area contributed by atoms with Crippen LogP contribution in [-0.2, 0) is 17.6 Å². The van der Waals surface area contributed by atoms with Crippen LogP contribution in [-0.4, -0.2) is 22.3 Å². The second-order valence-electron chi connectivity index (χ2n) is 8.58. The molecule has 0 radical (unpaired) electrons. The summed E-state index contributed by atoms with van der Waals surface area (Å²) < 4.78 is 26.3. The lowest BCUT2D eigenvalue weighted by Gasteiger charge is -2.19.